The van der Waals surface area contributed by atoms with Crippen LogP contribution in [0.15, 0.2) is 29.6 Å². The van der Waals surface area contributed by atoms with Gasteiger partial charge < -0.3 is 14.8 Å². The van der Waals surface area contributed by atoms with Crippen molar-refractivity contribution in [1.82, 2.24) is 10.3 Å². The van der Waals surface area contributed by atoms with Gasteiger partial charge in [-0.25, -0.2) is 9.78 Å². The number of amides is 2. The molecule has 4 aliphatic carbocycles. The Morgan fingerprint density at radius 1 is 1.10 bits per heavy atom. The maximum Gasteiger partial charge on any atom is 0.323 e. The van der Waals surface area contributed by atoms with Gasteiger partial charge in [0, 0.05) is 5.38 Å². The Bertz CT molecular complexity index is 860. The normalized spacial score (nSPS) is 28.9. The summed E-state index contributed by atoms with van der Waals surface area (Å²) >= 11 is 1.50. The Balaban J connectivity index is 1.10. The number of aromatic nitrogens is 1. The average molecular weight is 428 g/mol. The lowest BCUT2D eigenvalue weighted by molar-refractivity contribution is -0.0525. The fourth-order valence-corrected chi connectivity index (χ4v) is 7.04. The van der Waals surface area contributed by atoms with Crippen LogP contribution in [0.4, 0.5) is 9.93 Å². The van der Waals surface area contributed by atoms with Gasteiger partial charge in [-0.05, 0) is 92.4 Å². The molecule has 160 valence electrons. The number of nitrogens with one attached hydrogen (secondary N) is 2. The van der Waals surface area contributed by atoms with Crippen LogP contribution in [0, 0.1) is 23.2 Å². The lowest BCUT2D eigenvalue weighted by Crippen LogP contribution is -2.47. The smallest absolute Gasteiger partial charge is 0.323 e. The maximum absolute atomic E-state index is 12.2. The van der Waals surface area contributed by atoms with Gasteiger partial charge in [0.1, 0.15) is 11.5 Å². The van der Waals surface area contributed by atoms with Crippen LogP contribution in [-0.2, 0) is 6.42 Å². The molecule has 4 aliphatic rings. The largest absolute Gasteiger partial charge is 0.497 e. The molecule has 1 aromatic heterocycles. The highest BCUT2D eigenvalue weighted by Crippen LogP contribution is 2.61. The van der Waals surface area contributed by atoms with Gasteiger partial charge in [0.05, 0.1) is 12.8 Å². The Morgan fingerprint density at radius 3 is 2.37 bits per heavy atom. The van der Waals surface area contributed by atoms with Gasteiger partial charge in [0.25, 0.3) is 0 Å². The fourth-order valence-electron chi connectivity index (χ4n) is 6.33. The van der Waals surface area contributed by atoms with Crippen molar-refractivity contribution in [3.63, 3.8) is 0 Å². The molecule has 4 saturated carbocycles. The number of hydrogen-bond acceptors (Lipinski definition) is 5. The van der Waals surface area contributed by atoms with Crippen molar-refractivity contribution >= 4 is 22.5 Å². The first-order chi connectivity index (χ1) is 14.6. The molecule has 0 unspecified atom stereocenters. The second-order valence-electron chi connectivity index (χ2n) is 9.33. The van der Waals surface area contributed by atoms with Crippen LogP contribution < -0.4 is 20.1 Å². The minimum absolute atomic E-state index is 0.0870. The van der Waals surface area contributed by atoms with Crippen molar-refractivity contribution < 1.29 is 14.3 Å². The van der Waals surface area contributed by atoms with E-state index in [4.69, 9.17) is 14.5 Å². The number of benzene rings is 1. The monoisotopic (exact) mass is 427 g/mol. The molecule has 0 atom stereocenters. The topological polar surface area (TPSA) is 72.5 Å². The van der Waals surface area contributed by atoms with E-state index < -0.39 is 0 Å². The Labute approximate surface area is 181 Å². The summed E-state index contributed by atoms with van der Waals surface area (Å²) in [4.78, 5) is 16.9. The third-order valence-electron chi connectivity index (χ3n) is 7.02. The summed E-state index contributed by atoms with van der Waals surface area (Å²) in [6.07, 6.45) is 9.58. The predicted molar refractivity (Wildman–Crippen MR) is 117 cm³/mol. The third-order valence-corrected chi connectivity index (χ3v) is 7.83. The molecule has 6 nitrogen and oxygen atoms in total. The second-order valence-corrected chi connectivity index (χ2v) is 10.2. The molecule has 0 radical (unpaired) electrons. The highest BCUT2D eigenvalue weighted by atomic mass is 32.1. The zero-order valence-corrected chi connectivity index (χ0v) is 18.2. The SMILES string of the molecule is COc1ccc(OCNC(=O)Nc2nc(CC34CC5CC(CC(C5)C3)C4)cs2)cc1. The van der Waals surface area contributed by atoms with Crippen LogP contribution in [0.1, 0.15) is 44.2 Å². The van der Waals surface area contributed by atoms with Crippen molar-refractivity contribution in [1.29, 1.82) is 0 Å². The summed E-state index contributed by atoms with van der Waals surface area (Å²) in [5.74, 6) is 4.28. The van der Waals surface area contributed by atoms with E-state index in [1.54, 1.807) is 19.2 Å². The number of rotatable bonds is 7. The zero-order chi connectivity index (χ0) is 20.6. The minimum atomic E-state index is -0.306. The van der Waals surface area contributed by atoms with Crippen molar-refractivity contribution in [2.45, 2.75) is 44.9 Å². The van der Waals surface area contributed by atoms with E-state index in [-0.39, 0.29) is 12.8 Å². The molecule has 7 heteroatoms. The van der Waals surface area contributed by atoms with E-state index in [0.29, 0.717) is 16.3 Å². The van der Waals surface area contributed by atoms with Gasteiger partial charge in [0.15, 0.2) is 11.9 Å². The van der Waals surface area contributed by atoms with E-state index in [9.17, 15) is 4.79 Å². The Hall–Kier alpha value is -2.28. The van der Waals surface area contributed by atoms with Crippen molar-refractivity contribution in [2.75, 3.05) is 19.2 Å². The summed E-state index contributed by atoms with van der Waals surface area (Å²) in [6.45, 7) is 0.0870. The van der Waals surface area contributed by atoms with Crippen LogP contribution >= 0.6 is 11.3 Å². The highest BCUT2D eigenvalue weighted by molar-refractivity contribution is 7.13. The van der Waals surface area contributed by atoms with Gasteiger partial charge >= 0.3 is 6.03 Å². The molecule has 1 aromatic carbocycles. The standard InChI is InChI=1S/C23H29N3O3S/c1-28-19-2-4-20(5-3-19)29-14-24-21(27)26-22-25-18(13-30-22)12-23-9-15-6-16(10-23)8-17(7-15)11-23/h2-5,13,15-17H,6-12,14H2,1H3,(H2,24,25,26,27). The molecular formula is C23H29N3O3S. The molecule has 2 amide bonds. The fraction of sp³-hybridized carbons (Fsp3) is 0.565. The van der Waals surface area contributed by atoms with Crippen molar-refractivity contribution in [3.05, 3.63) is 35.3 Å². The number of ether oxygens (including phenoxy) is 2. The lowest BCUT2D eigenvalue weighted by atomic mass is 9.48. The number of carbonyl (C=O) groups is 1. The van der Waals surface area contributed by atoms with E-state index in [1.807, 2.05) is 12.1 Å². The summed E-state index contributed by atoms with van der Waals surface area (Å²) < 4.78 is 10.6. The molecule has 0 aliphatic heterocycles. The highest BCUT2D eigenvalue weighted by Gasteiger charge is 2.50. The number of carbonyl (C=O) groups excluding carboxylic acids is 1. The number of thiazole rings is 1. The first-order valence-electron chi connectivity index (χ1n) is 10.9. The Kier molecular flexibility index (Phi) is 5.31. The molecule has 1 heterocycles. The van der Waals surface area contributed by atoms with E-state index in [2.05, 4.69) is 16.0 Å². The number of anilines is 1. The van der Waals surface area contributed by atoms with Crippen molar-refractivity contribution in [3.8, 4) is 11.5 Å². The Morgan fingerprint density at radius 2 is 1.73 bits per heavy atom. The molecule has 0 spiro atoms. The average Bonchev–Trinajstić information content (AvgIpc) is 3.13. The molecule has 2 aromatic rings. The predicted octanol–water partition coefficient (Wildman–Crippen LogP) is 5.07. The summed E-state index contributed by atoms with van der Waals surface area (Å²) in [5.41, 5.74) is 1.60. The van der Waals surface area contributed by atoms with Gasteiger partial charge in [-0.3, -0.25) is 5.32 Å². The molecule has 30 heavy (non-hydrogen) atoms. The number of hydrogen-bond donors (Lipinski definition) is 2. The second kappa shape index (κ2) is 8.10. The maximum atomic E-state index is 12.2. The number of urea groups is 1. The summed E-state index contributed by atoms with van der Waals surface area (Å²) in [7, 11) is 1.62. The molecular weight excluding hydrogens is 398 g/mol. The van der Waals surface area contributed by atoms with Crippen LogP contribution in [0.2, 0.25) is 0 Å². The van der Waals surface area contributed by atoms with Gasteiger partial charge in [0.2, 0.25) is 0 Å². The lowest BCUT2D eigenvalue weighted by Gasteiger charge is -2.56. The molecule has 2 N–H and O–H groups in total. The van der Waals surface area contributed by atoms with E-state index >= 15 is 0 Å². The number of methoxy groups -OCH3 is 1. The van der Waals surface area contributed by atoms with Crippen LogP contribution in [0.25, 0.3) is 0 Å². The van der Waals surface area contributed by atoms with Crippen molar-refractivity contribution in [2.24, 2.45) is 23.2 Å². The quantitative estimate of drug-likeness (QED) is 0.605. The van der Waals surface area contributed by atoms with Crippen LogP contribution in [-0.4, -0.2) is 24.9 Å². The zero-order valence-electron chi connectivity index (χ0n) is 17.4. The van der Waals surface area contributed by atoms with Gasteiger partial charge in [-0.15, -0.1) is 11.3 Å². The molecule has 0 saturated heterocycles. The first kappa shape index (κ1) is 19.7. The third kappa shape index (κ3) is 4.26. The van der Waals surface area contributed by atoms with E-state index in [1.165, 1.54) is 49.9 Å². The van der Waals surface area contributed by atoms with Crippen LogP contribution in [0.3, 0.4) is 0 Å². The molecule has 4 fully saturated rings. The van der Waals surface area contributed by atoms with Crippen LogP contribution in [0.5, 0.6) is 11.5 Å². The molecule has 6 rings (SSSR count). The van der Waals surface area contributed by atoms with Gasteiger partial charge in [-0.2, -0.15) is 0 Å². The minimum Gasteiger partial charge on any atom is -0.497 e. The summed E-state index contributed by atoms with van der Waals surface area (Å²) in [5, 5.41) is 8.30. The number of nitrogens with zero attached hydrogens (tertiary/aromatic N) is 1. The van der Waals surface area contributed by atoms with E-state index in [0.717, 1.165) is 35.6 Å². The first-order valence-corrected chi connectivity index (χ1v) is 11.7. The van der Waals surface area contributed by atoms with Gasteiger partial charge in [-0.1, -0.05) is 0 Å². The summed E-state index contributed by atoms with van der Waals surface area (Å²) in [6, 6.07) is 6.93. The molecule has 4 bridgehead atoms.